The number of piperidine rings is 1. The van der Waals surface area contributed by atoms with Gasteiger partial charge in [-0.3, -0.25) is 9.78 Å². The van der Waals surface area contributed by atoms with E-state index >= 15 is 0 Å². The van der Waals surface area contributed by atoms with Crippen LogP contribution < -0.4 is 5.73 Å². The molecule has 1 saturated heterocycles. The summed E-state index contributed by atoms with van der Waals surface area (Å²) in [7, 11) is 0. The molecule has 1 aliphatic rings. The zero-order chi connectivity index (χ0) is 16.8. The Hall–Kier alpha value is -2.20. The Labute approximate surface area is 143 Å². The van der Waals surface area contributed by atoms with E-state index in [1.165, 1.54) is 19.3 Å². The number of hydrogen-bond donors (Lipinski definition) is 1. The quantitative estimate of drug-likeness (QED) is 0.889. The van der Waals surface area contributed by atoms with Crippen molar-refractivity contribution in [3.05, 3.63) is 66.0 Å². The van der Waals surface area contributed by atoms with E-state index in [1.54, 1.807) is 6.20 Å². The Balaban J connectivity index is 1.97. The number of likely N-dealkylation sites (tertiary alicyclic amines) is 1. The molecule has 1 fully saturated rings. The van der Waals surface area contributed by atoms with Crippen LogP contribution in [0.2, 0.25) is 0 Å². The van der Waals surface area contributed by atoms with Gasteiger partial charge in [-0.2, -0.15) is 0 Å². The lowest BCUT2D eigenvalue weighted by molar-refractivity contribution is -0.122. The third-order valence-corrected chi connectivity index (χ3v) is 5.04. The third-order valence-electron chi connectivity index (χ3n) is 5.04. The van der Waals surface area contributed by atoms with Gasteiger partial charge in [0.15, 0.2) is 0 Å². The molecule has 1 aromatic heterocycles. The van der Waals surface area contributed by atoms with Crippen LogP contribution in [0.25, 0.3) is 0 Å². The number of nitrogens with two attached hydrogens (primary N) is 1. The average Bonchev–Trinajstić information content (AvgIpc) is 2.65. The van der Waals surface area contributed by atoms with Crippen molar-refractivity contribution < 1.29 is 4.79 Å². The standard InChI is InChI=1S/C20H25N3O/c21-19(24)20(17-9-3-1-4-10-17,18-11-5-6-13-22-18)12-16-23-14-7-2-8-15-23/h1,3-6,9-11,13H,2,7-8,12,14-16H2,(H2,21,24)/t20-/m1/s1. The summed E-state index contributed by atoms with van der Waals surface area (Å²) >= 11 is 0. The van der Waals surface area contributed by atoms with E-state index in [0.29, 0.717) is 6.42 Å². The average molecular weight is 323 g/mol. The fourth-order valence-electron chi connectivity index (χ4n) is 3.66. The minimum absolute atomic E-state index is 0.329. The van der Waals surface area contributed by atoms with Crippen molar-refractivity contribution in [3.63, 3.8) is 0 Å². The van der Waals surface area contributed by atoms with Gasteiger partial charge in [0, 0.05) is 6.20 Å². The Bertz CT molecular complexity index is 612. The molecule has 0 spiro atoms. The van der Waals surface area contributed by atoms with Gasteiger partial charge in [0.2, 0.25) is 5.91 Å². The number of carbonyl (C=O) groups is 1. The van der Waals surface area contributed by atoms with Gasteiger partial charge in [0.1, 0.15) is 5.41 Å². The van der Waals surface area contributed by atoms with Crippen LogP contribution in [0.3, 0.4) is 0 Å². The highest BCUT2D eigenvalue weighted by atomic mass is 16.1. The summed E-state index contributed by atoms with van der Waals surface area (Å²) in [6, 6.07) is 15.5. The lowest BCUT2D eigenvalue weighted by atomic mass is 9.73. The molecule has 2 aromatic rings. The van der Waals surface area contributed by atoms with Gasteiger partial charge in [-0.05, 0) is 56.6 Å². The molecule has 1 amide bonds. The summed E-state index contributed by atoms with van der Waals surface area (Å²) in [5.74, 6) is -0.329. The number of nitrogens with zero attached hydrogens (tertiary/aromatic N) is 2. The zero-order valence-electron chi connectivity index (χ0n) is 14.0. The number of pyridine rings is 1. The molecule has 2 N–H and O–H groups in total. The van der Waals surface area contributed by atoms with Crippen LogP contribution >= 0.6 is 0 Å². The monoisotopic (exact) mass is 323 g/mol. The Morgan fingerprint density at radius 2 is 1.75 bits per heavy atom. The summed E-state index contributed by atoms with van der Waals surface area (Å²) in [4.78, 5) is 19.6. The first kappa shape index (κ1) is 16.7. The molecule has 0 bridgehead atoms. The van der Waals surface area contributed by atoms with Crippen molar-refractivity contribution in [3.8, 4) is 0 Å². The Morgan fingerprint density at radius 1 is 1.04 bits per heavy atom. The van der Waals surface area contributed by atoms with E-state index < -0.39 is 5.41 Å². The van der Waals surface area contributed by atoms with E-state index in [4.69, 9.17) is 5.73 Å². The van der Waals surface area contributed by atoms with Crippen molar-refractivity contribution in [2.24, 2.45) is 5.73 Å². The highest BCUT2D eigenvalue weighted by Crippen LogP contribution is 2.35. The number of carbonyl (C=O) groups excluding carboxylic acids is 1. The maximum Gasteiger partial charge on any atom is 0.234 e. The summed E-state index contributed by atoms with van der Waals surface area (Å²) in [5.41, 5.74) is 6.74. The van der Waals surface area contributed by atoms with Crippen LogP contribution in [0.4, 0.5) is 0 Å². The van der Waals surface area contributed by atoms with Gasteiger partial charge in [0.05, 0.1) is 5.69 Å². The number of rotatable bonds is 6. The zero-order valence-corrected chi connectivity index (χ0v) is 14.0. The summed E-state index contributed by atoms with van der Waals surface area (Å²) < 4.78 is 0. The molecule has 0 saturated carbocycles. The largest absolute Gasteiger partial charge is 0.369 e. The van der Waals surface area contributed by atoms with Crippen molar-refractivity contribution >= 4 is 5.91 Å². The van der Waals surface area contributed by atoms with Crippen molar-refractivity contribution in [1.29, 1.82) is 0 Å². The molecule has 4 nitrogen and oxygen atoms in total. The fraction of sp³-hybridized carbons (Fsp3) is 0.400. The third kappa shape index (κ3) is 3.34. The van der Waals surface area contributed by atoms with E-state index in [0.717, 1.165) is 30.9 Å². The van der Waals surface area contributed by atoms with Crippen LogP contribution in [-0.2, 0) is 10.2 Å². The van der Waals surface area contributed by atoms with Crippen LogP contribution in [-0.4, -0.2) is 35.4 Å². The molecule has 2 heterocycles. The first-order valence-electron chi connectivity index (χ1n) is 8.73. The smallest absolute Gasteiger partial charge is 0.234 e. The van der Waals surface area contributed by atoms with Crippen LogP contribution in [0.15, 0.2) is 54.7 Å². The first-order valence-corrected chi connectivity index (χ1v) is 8.73. The van der Waals surface area contributed by atoms with E-state index in [-0.39, 0.29) is 5.91 Å². The lowest BCUT2D eigenvalue weighted by Crippen LogP contribution is -2.46. The molecule has 126 valence electrons. The van der Waals surface area contributed by atoms with Gasteiger partial charge in [-0.25, -0.2) is 0 Å². The summed E-state index contributed by atoms with van der Waals surface area (Å²) in [6.07, 6.45) is 6.16. The maximum absolute atomic E-state index is 12.7. The SMILES string of the molecule is NC(=O)[C@](CCN1CCCCC1)(c1ccccc1)c1ccccn1. The van der Waals surface area contributed by atoms with Gasteiger partial charge < -0.3 is 10.6 Å². The first-order chi connectivity index (χ1) is 11.7. The maximum atomic E-state index is 12.7. The fourth-order valence-corrected chi connectivity index (χ4v) is 3.66. The minimum Gasteiger partial charge on any atom is -0.369 e. The molecule has 3 rings (SSSR count). The lowest BCUT2D eigenvalue weighted by Gasteiger charge is -2.34. The molecule has 1 aliphatic heterocycles. The van der Waals surface area contributed by atoms with Crippen molar-refractivity contribution in [2.45, 2.75) is 31.1 Å². The molecule has 0 aliphatic carbocycles. The molecule has 1 aromatic carbocycles. The highest BCUT2D eigenvalue weighted by molar-refractivity contribution is 5.90. The van der Waals surface area contributed by atoms with Gasteiger partial charge in [-0.15, -0.1) is 0 Å². The van der Waals surface area contributed by atoms with Crippen LogP contribution in [0.1, 0.15) is 36.9 Å². The van der Waals surface area contributed by atoms with E-state index in [1.807, 2.05) is 48.5 Å². The number of benzene rings is 1. The molecular weight excluding hydrogens is 298 g/mol. The number of hydrogen-bond acceptors (Lipinski definition) is 3. The van der Waals surface area contributed by atoms with Crippen molar-refractivity contribution in [1.82, 2.24) is 9.88 Å². The Kier molecular flexibility index (Phi) is 5.26. The second kappa shape index (κ2) is 7.58. The molecule has 0 unspecified atom stereocenters. The van der Waals surface area contributed by atoms with Gasteiger partial charge in [0.25, 0.3) is 0 Å². The molecule has 24 heavy (non-hydrogen) atoms. The topological polar surface area (TPSA) is 59.2 Å². The summed E-state index contributed by atoms with van der Waals surface area (Å²) in [6.45, 7) is 3.06. The predicted molar refractivity (Wildman–Crippen MR) is 95.6 cm³/mol. The second-order valence-electron chi connectivity index (χ2n) is 6.50. The number of aromatic nitrogens is 1. The van der Waals surface area contributed by atoms with Gasteiger partial charge >= 0.3 is 0 Å². The van der Waals surface area contributed by atoms with E-state index in [9.17, 15) is 4.79 Å². The molecule has 0 radical (unpaired) electrons. The summed E-state index contributed by atoms with van der Waals surface area (Å²) in [5, 5.41) is 0. The van der Waals surface area contributed by atoms with Crippen LogP contribution in [0, 0.1) is 0 Å². The number of amides is 1. The minimum atomic E-state index is -0.875. The van der Waals surface area contributed by atoms with Crippen molar-refractivity contribution in [2.75, 3.05) is 19.6 Å². The highest BCUT2D eigenvalue weighted by Gasteiger charge is 2.41. The number of primary amides is 1. The molecule has 4 heteroatoms. The Morgan fingerprint density at radius 3 is 2.38 bits per heavy atom. The molecule has 1 atom stereocenters. The molecular formula is C20H25N3O. The van der Waals surface area contributed by atoms with Gasteiger partial charge in [-0.1, -0.05) is 42.8 Å². The van der Waals surface area contributed by atoms with E-state index in [2.05, 4.69) is 9.88 Å². The van der Waals surface area contributed by atoms with Crippen LogP contribution in [0.5, 0.6) is 0 Å². The normalized spacial score (nSPS) is 18.0. The predicted octanol–water partition coefficient (Wildman–Crippen LogP) is 2.73. The second-order valence-corrected chi connectivity index (χ2v) is 6.50.